The summed E-state index contributed by atoms with van der Waals surface area (Å²) in [7, 11) is 1.60. The number of ether oxygens (including phenoxy) is 1. The zero-order valence-corrected chi connectivity index (χ0v) is 12.5. The zero-order valence-electron chi connectivity index (χ0n) is 12.5. The van der Waals surface area contributed by atoms with Crippen molar-refractivity contribution in [1.29, 1.82) is 0 Å². The van der Waals surface area contributed by atoms with Crippen LogP contribution in [0.4, 0.5) is 0 Å². The highest BCUT2D eigenvalue weighted by Crippen LogP contribution is 2.23. The van der Waals surface area contributed by atoms with Gasteiger partial charge in [-0.25, -0.2) is 0 Å². The maximum atomic E-state index is 12.1. The Morgan fingerprint density at radius 1 is 1.22 bits per heavy atom. The molecule has 1 aromatic carbocycles. The van der Waals surface area contributed by atoms with Crippen molar-refractivity contribution in [1.82, 2.24) is 15.5 Å². The summed E-state index contributed by atoms with van der Waals surface area (Å²) in [5.41, 5.74) is 2.16. The van der Waals surface area contributed by atoms with Gasteiger partial charge in [0.2, 0.25) is 5.76 Å². The lowest BCUT2D eigenvalue weighted by atomic mass is 10.1. The van der Waals surface area contributed by atoms with E-state index in [4.69, 9.17) is 9.26 Å². The molecular weight excluding hydrogens is 294 g/mol. The number of aromatic nitrogens is 2. The molecule has 1 N–H and O–H groups in total. The van der Waals surface area contributed by atoms with Gasteiger partial charge in [0.25, 0.3) is 5.91 Å². The molecule has 0 bridgehead atoms. The first-order valence-corrected chi connectivity index (χ1v) is 7.05. The van der Waals surface area contributed by atoms with Gasteiger partial charge in [0.1, 0.15) is 11.4 Å². The van der Waals surface area contributed by atoms with Crippen molar-refractivity contribution in [3.63, 3.8) is 0 Å². The molecule has 0 fully saturated rings. The third-order valence-corrected chi connectivity index (χ3v) is 3.26. The van der Waals surface area contributed by atoms with Crippen molar-refractivity contribution in [2.75, 3.05) is 7.11 Å². The molecule has 0 radical (unpaired) electrons. The summed E-state index contributed by atoms with van der Waals surface area (Å²) in [6.07, 6.45) is 1.68. The summed E-state index contributed by atoms with van der Waals surface area (Å²) in [5, 5.41) is 6.67. The molecule has 0 saturated heterocycles. The van der Waals surface area contributed by atoms with Crippen LogP contribution in [-0.4, -0.2) is 23.2 Å². The molecule has 6 heteroatoms. The number of nitrogens with one attached hydrogen (secondary N) is 1. The van der Waals surface area contributed by atoms with Gasteiger partial charge in [0.15, 0.2) is 0 Å². The smallest absolute Gasteiger partial charge is 0.290 e. The zero-order chi connectivity index (χ0) is 16.1. The molecule has 3 aromatic rings. The van der Waals surface area contributed by atoms with E-state index in [1.165, 1.54) is 0 Å². The molecule has 0 atom stereocenters. The molecule has 0 unspecified atom stereocenters. The molecule has 23 heavy (non-hydrogen) atoms. The van der Waals surface area contributed by atoms with Crippen LogP contribution < -0.4 is 10.1 Å². The summed E-state index contributed by atoms with van der Waals surface area (Å²) in [6.45, 7) is 0.328. The molecule has 2 heterocycles. The molecule has 1 amide bonds. The highest BCUT2D eigenvalue weighted by Gasteiger charge is 2.14. The average Bonchev–Trinajstić information content (AvgIpc) is 3.11. The maximum Gasteiger partial charge on any atom is 0.290 e. The van der Waals surface area contributed by atoms with Gasteiger partial charge in [-0.15, -0.1) is 0 Å². The minimum Gasteiger partial charge on any atom is -0.497 e. The first kappa shape index (κ1) is 14.8. The lowest BCUT2D eigenvalue weighted by molar-refractivity contribution is 0.0913. The number of hydrogen-bond donors (Lipinski definition) is 1. The van der Waals surface area contributed by atoms with Crippen molar-refractivity contribution in [3.8, 4) is 17.0 Å². The molecule has 0 saturated carbocycles. The predicted octanol–water partition coefficient (Wildman–Crippen LogP) is 2.68. The fourth-order valence-electron chi connectivity index (χ4n) is 2.06. The number of carbonyl (C=O) groups excluding carboxylic acids is 1. The van der Waals surface area contributed by atoms with Crippen molar-refractivity contribution >= 4 is 5.91 Å². The van der Waals surface area contributed by atoms with Gasteiger partial charge < -0.3 is 14.6 Å². The Bertz CT molecular complexity index is 800. The van der Waals surface area contributed by atoms with E-state index in [1.807, 2.05) is 42.5 Å². The van der Waals surface area contributed by atoms with Crippen LogP contribution >= 0.6 is 0 Å². The van der Waals surface area contributed by atoms with Crippen LogP contribution in [0.5, 0.6) is 5.75 Å². The third-order valence-electron chi connectivity index (χ3n) is 3.26. The monoisotopic (exact) mass is 309 g/mol. The van der Waals surface area contributed by atoms with E-state index in [9.17, 15) is 4.79 Å². The SMILES string of the molecule is COc1cccc(-c2cc(C(=O)NCc3ccccn3)on2)c1. The largest absolute Gasteiger partial charge is 0.497 e. The number of methoxy groups -OCH3 is 1. The lowest BCUT2D eigenvalue weighted by Crippen LogP contribution is -2.22. The second kappa shape index (κ2) is 6.74. The van der Waals surface area contributed by atoms with Crippen LogP contribution in [0.2, 0.25) is 0 Å². The number of nitrogens with zero attached hydrogens (tertiary/aromatic N) is 2. The first-order valence-electron chi connectivity index (χ1n) is 7.05. The molecule has 0 aliphatic heterocycles. The van der Waals surface area contributed by atoms with E-state index in [0.29, 0.717) is 18.0 Å². The Morgan fingerprint density at radius 3 is 2.91 bits per heavy atom. The fraction of sp³-hybridized carbons (Fsp3) is 0.118. The Balaban J connectivity index is 1.69. The molecule has 0 spiro atoms. The van der Waals surface area contributed by atoms with E-state index in [1.54, 1.807) is 19.4 Å². The van der Waals surface area contributed by atoms with E-state index >= 15 is 0 Å². The Labute approximate surface area is 133 Å². The molecule has 0 aliphatic rings. The highest BCUT2D eigenvalue weighted by molar-refractivity contribution is 5.92. The molecule has 6 nitrogen and oxygen atoms in total. The van der Waals surface area contributed by atoms with Gasteiger partial charge >= 0.3 is 0 Å². The van der Waals surface area contributed by atoms with Gasteiger partial charge in [-0.1, -0.05) is 23.4 Å². The molecule has 0 aliphatic carbocycles. The maximum absolute atomic E-state index is 12.1. The van der Waals surface area contributed by atoms with Crippen LogP contribution in [0, 0.1) is 0 Å². The highest BCUT2D eigenvalue weighted by atomic mass is 16.5. The minimum absolute atomic E-state index is 0.152. The van der Waals surface area contributed by atoms with Crippen LogP contribution in [0.3, 0.4) is 0 Å². The second-order valence-corrected chi connectivity index (χ2v) is 4.81. The molecule has 2 aromatic heterocycles. The summed E-state index contributed by atoms with van der Waals surface area (Å²) in [6, 6.07) is 14.5. The number of amides is 1. The standard InChI is InChI=1S/C17H15N3O3/c1-22-14-7-4-5-12(9-14)15-10-16(23-20-15)17(21)19-11-13-6-2-3-8-18-13/h2-10H,11H2,1H3,(H,19,21). The second-order valence-electron chi connectivity index (χ2n) is 4.81. The minimum atomic E-state index is -0.336. The number of carbonyl (C=O) groups is 1. The topological polar surface area (TPSA) is 77.2 Å². The molecule has 116 valence electrons. The number of rotatable bonds is 5. The van der Waals surface area contributed by atoms with Crippen molar-refractivity contribution < 1.29 is 14.1 Å². The summed E-state index contributed by atoms with van der Waals surface area (Å²) < 4.78 is 10.3. The summed E-state index contributed by atoms with van der Waals surface area (Å²) >= 11 is 0. The van der Waals surface area contributed by atoms with E-state index in [-0.39, 0.29) is 11.7 Å². The van der Waals surface area contributed by atoms with Gasteiger partial charge in [0, 0.05) is 17.8 Å². The Kier molecular flexibility index (Phi) is 4.33. The van der Waals surface area contributed by atoms with Gasteiger partial charge in [0.05, 0.1) is 19.3 Å². The normalized spacial score (nSPS) is 10.3. The van der Waals surface area contributed by atoms with Crippen LogP contribution in [-0.2, 0) is 6.54 Å². The number of hydrogen-bond acceptors (Lipinski definition) is 5. The third kappa shape index (κ3) is 3.55. The Hall–Kier alpha value is -3.15. The van der Waals surface area contributed by atoms with Crippen LogP contribution in [0.1, 0.15) is 16.2 Å². The van der Waals surface area contributed by atoms with Gasteiger partial charge in [-0.05, 0) is 24.3 Å². The van der Waals surface area contributed by atoms with Crippen molar-refractivity contribution in [3.05, 3.63) is 66.2 Å². The molecule has 3 rings (SSSR count). The van der Waals surface area contributed by atoms with Crippen molar-refractivity contribution in [2.45, 2.75) is 6.54 Å². The van der Waals surface area contributed by atoms with E-state index < -0.39 is 0 Å². The fourth-order valence-corrected chi connectivity index (χ4v) is 2.06. The predicted molar refractivity (Wildman–Crippen MR) is 83.9 cm³/mol. The van der Waals surface area contributed by atoms with Crippen LogP contribution in [0.25, 0.3) is 11.3 Å². The van der Waals surface area contributed by atoms with Crippen molar-refractivity contribution in [2.24, 2.45) is 0 Å². The Morgan fingerprint density at radius 2 is 2.13 bits per heavy atom. The van der Waals surface area contributed by atoms with E-state index in [0.717, 1.165) is 11.3 Å². The summed E-state index contributed by atoms with van der Waals surface area (Å²) in [5.74, 6) is 0.530. The summed E-state index contributed by atoms with van der Waals surface area (Å²) in [4.78, 5) is 16.2. The first-order chi connectivity index (χ1) is 11.3. The van der Waals surface area contributed by atoms with Crippen LogP contribution in [0.15, 0.2) is 59.3 Å². The molecular formula is C17H15N3O3. The lowest BCUT2D eigenvalue weighted by Gasteiger charge is -2.01. The van der Waals surface area contributed by atoms with Gasteiger partial charge in [-0.2, -0.15) is 0 Å². The van der Waals surface area contributed by atoms with E-state index in [2.05, 4.69) is 15.5 Å². The quantitative estimate of drug-likeness (QED) is 0.784. The number of pyridine rings is 1. The average molecular weight is 309 g/mol. The number of benzene rings is 1. The van der Waals surface area contributed by atoms with Gasteiger partial charge in [-0.3, -0.25) is 9.78 Å².